The predicted molar refractivity (Wildman–Crippen MR) is 70.0 cm³/mol. The number of halogens is 3. The predicted octanol–water partition coefficient (Wildman–Crippen LogP) is 1.32. The highest BCUT2D eigenvalue weighted by atomic mass is 19.4. The van der Waals surface area contributed by atoms with Gasteiger partial charge in [0.1, 0.15) is 5.82 Å². The second kappa shape index (κ2) is 5.76. The number of hydrogen-bond acceptors (Lipinski definition) is 5. The number of morpholine rings is 1. The van der Waals surface area contributed by atoms with Crippen LogP contribution >= 0.6 is 0 Å². The molecule has 0 aliphatic carbocycles. The van der Waals surface area contributed by atoms with Gasteiger partial charge in [-0.3, -0.25) is 9.88 Å². The van der Waals surface area contributed by atoms with E-state index < -0.39 is 12.6 Å². The summed E-state index contributed by atoms with van der Waals surface area (Å²) in [4.78, 5) is 12.2. The number of fused-ring (bicyclic) bond motifs is 1. The zero-order valence-corrected chi connectivity index (χ0v) is 11.5. The van der Waals surface area contributed by atoms with Gasteiger partial charge in [-0.1, -0.05) is 0 Å². The fourth-order valence-corrected chi connectivity index (χ4v) is 2.96. The van der Waals surface area contributed by atoms with Gasteiger partial charge >= 0.3 is 6.18 Å². The second-order valence-corrected chi connectivity index (χ2v) is 5.36. The molecule has 2 aliphatic rings. The monoisotopic (exact) mass is 302 g/mol. The molecule has 0 amide bonds. The van der Waals surface area contributed by atoms with Gasteiger partial charge in [0, 0.05) is 38.6 Å². The lowest BCUT2D eigenvalue weighted by atomic mass is 10.1. The maximum atomic E-state index is 12.3. The topological polar surface area (TPSA) is 41.5 Å². The Morgan fingerprint density at radius 3 is 2.86 bits per heavy atom. The first-order chi connectivity index (χ1) is 10.0. The Morgan fingerprint density at radius 1 is 1.29 bits per heavy atom. The quantitative estimate of drug-likeness (QED) is 0.842. The highest BCUT2D eigenvalue weighted by Gasteiger charge is 2.41. The van der Waals surface area contributed by atoms with E-state index in [1.807, 2.05) is 4.90 Å². The Labute approximate surface area is 120 Å². The van der Waals surface area contributed by atoms with E-state index in [0.29, 0.717) is 26.2 Å². The zero-order valence-electron chi connectivity index (χ0n) is 11.5. The molecule has 0 N–H and O–H groups in total. The minimum absolute atomic E-state index is 0.0220. The molecule has 2 saturated heterocycles. The Kier molecular flexibility index (Phi) is 3.99. The fourth-order valence-electron chi connectivity index (χ4n) is 2.96. The summed E-state index contributed by atoms with van der Waals surface area (Å²) in [6.07, 6.45) is -0.0478. The van der Waals surface area contributed by atoms with E-state index in [-0.39, 0.29) is 18.7 Å². The number of aromatic nitrogens is 2. The first kappa shape index (κ1) is 14.5. The van der Waals surface area contributed by atoms with Crippen molar-refractivity contribution in [2.45, 2.75) is 24.7 Å². The molecule has 0 aromatic carbocycles. The van der Waals surface area contributed by atoms with E-state index in [2.05, 4.69) is 14.9 Å². The van der Waals surface area contributed by atoms with Gasteiger partial charge in [-0.15, -0.1) is 0 Å². The third-order valence-electron chi connectivity index (χ3n) is 3.93. The molecular formula is C13H17F3N4O. The average Bonchev–Trinajstić information content (AvgIpc) is 2.88. The average molecular weight is 302 g/mol. The molecule has 3 heterocycles. The van der Waals surface area contributed by atoms with Crippen LogP contribution < -0.4 is 4.90 Å². The molecular weight excluding hydrogens is 285 g/mol. The maximum Gasteiger partial charge on any atom is 0.390 e. The molecule has 3 rings (SSSR count). The van der Waals surface area contributed by atoms with Crippen LogP contribution in [0, 0.1) is 0 Å². The molecule has 1 aromatic heterocycles. The molecule has 8 heteroatoms. The first-order valence-corrected chi connectivity index (χ1v) is 6.96. The van der Waals surface area contributed by atoms with Gasteiger partial charge in [0.25, 0.3) is 0 Å². The zero-order chi connectivity index (χ0) is 14.9. The number of nitrogens with zero attached hydrogens (tertiary/aromatic N) is 4. The van der Waals surface area contributed by atoms with Gasteiger partial charge in [-0.05, 0) is 0 Å². The van der Waals surface area contributed by atoms with Crippen molar-refractivity contribution >= 4 is 5.82 Å². The normalized spacial score (nSPS) is 26.9. The summed E-state index contributed by atoms with van der Waals surface area (Å²) in [6, 6.07) is 0.0451. The number of likely N-dealkylation sites (tertiary alicyclic amines) is 1. The Balaban J connectivity index is 1.65. The maximum absolute atomic E-state index is 12.3. The van der Waals surface area contributed by atoms with Crippen molar-refractivity contribution in [2.24, 2.45) is 0 Å². The van der Waals surface area contributed by atoms with Gasteiger partial charge < -0.3 is 9.64 Å². The smallest absolute Gasteiger partial charge is 0.373 e. The molecule has 0 bridgehead atoms. The summed E-state index contributed by atoms with van der Waals surface area (Å²) in [5.41, 5.74) is 0. The summed E-state index contributed by atoms with van der Waals surface area (Å²) in [5, 5.41) is 0. The summed E-state index contributed by atoms with van der Waals surface area (Å²) >= 11 is 0. The second-order valence-electron chi connectivity index (χ2n) is 5.36. The highest BCUT2D eigenvalue weighted by molar-refractivity contribution is 5.38. The van der Waals surface area contributed by atoms with Crippen LogP contribution in [0.1, 0.15) is 6.42 Å². The number of anilines is 1. The molecule has 0 spiro atoms. The summed E-state index contributed by atoms with van der Waals surface area (Å²) in [6.45, 7) is 2.38. The molecule has 0 unspecified atom stereocenters. The lowest BCUT2D eigenvalue weighted by Gasteiger charge is -2.37. The Bertz CT molecular complexity index is 470. The van der Waals surface area contributed by atoms with Crippen molar-refractivity contribution in [3.05, 3.63) is 18.6 Å². The van der Waals surface area contributed by atoms with Crippen LogP contribution in [-0.4, -0.2) is 66.0 Å². The van der Waals surface area contributed by atoms with Crippen LogP contribution in [0.4, 0.5) is 19.0 Å². The van der Waals surface area contributed by atoms with Crippen molar-refractivity contribution in [1.29, 1.82) is 0 Å². The molecule has 2 atom stereocenters. The van der Waals surface area contributed by atoms with Crippen molar-refractivity contribution < 1.29 is 17.9 Å². The third kappa shape index (κ3) is 3.44. The van der Waals surface area contributed by atoms with Gasteiger partial charge in [0.15, 0.2) is 0 Å². The standard InChI is InChI=1S/C13H17F3N4O/c14-13(15,16)1-4-19-8-10-11(9-19)21-6-5-20(10)12-7-17-2-3-18-12/h2-3,7,10-11H,1,4-6,8-9H2/t10-,11+/m1/s1. The van der Waals surface area contributed by atoms with Crippen LogP contribution in [0.2, 0.25) is 0 Å². The van der Waals surface area contributed by atoms with Crippen LogP contribution in [0.5, 0.6) is 0 Å². The molecule has 0 saturated carbocycles. The van der Waals surface area contributed by atoms with Crippen LogP contribution in [-0.2, 0) is 4.74 Å². The lowest BCUT2D eigenvalue weighted by molar-refractivity contribution is -0.137. The van der Waals surface area contributed by atoms with E-state index in [0.717, 1.165) is 5.82 Å². The molecule has 2 fully saturated rings. The van der Waals surface area contributed by atoms with Crippen LogP contribution in [0.3, 0.4) is 0 Å². The van der Waals surface area contributed by atoms with E-state index in [4.69, 9.17) is 4.74 Å². The van der Waals surface area contributed by atoms with E-state index >= 15 is 0 Å². The minimum atomic E-state index is -4.11. The van der Waals surface area contributed by atoms with Gasteiger partial charge in [-0.2, -0.15) is 13.2 Å². The number of rotatable bonds is 3. The summed E-state index contributed by atoms with van der Waals surface area (Å²) < 4.78 is 42.7. The number of ether oxygens (including phenoxy) is 1. The lowest BCUT2D eigenvalue weighted by Crippen LogP contribution is -2.51. The third-order valence-corrected chi connectivity index (χ3v) is 3.93. The molecule has 0 radical (unpaired) electrons. The van der Waals surface area contributed by atoms with E-state index in [1.165, 1.54) is 0 Å². The van der Waals surface area contributed by atoms with Crippen LogP contribution in [0.15, 0.2) is 18.6 Å². The van der Waals surface area contributed by atoms with Crippen molar-refractivity contribution in [2.75, 3.05) is 37.7 Å². The summed E-state index contributed by atoms with van der Waals surface area (Å²) in [5.74, 6) is 0.758. The highest BCUT2D eigenvalue weighted by Crippen LogP contribution is 2.28. The first-order valence-electron chi connectivity index (χ1n) is 6.96. The largest absolute Gasteiger partial charge is 0.390 e. The number of hydrogen-bond donors (Lipinski definition) is 0. The van der Waals surface area contributed by atoms with Crippen LogP contribution in [0.25, 0.3) is 0 Å². The Hall–Kier alpha value is -1.41. The number of alkyl halides is 3. The molecule has 116 valence electrons. The van der Waals surface area contributed by atoms with Crippen molar-refractivity contribution in [1.82, 2.24) is 14.9 Å². The SMILES string of the molecule is FC(F)(F)CCN1C[C@@H]2OCCN(c3cnccn3)[C@@H]2C1. The van der Waals surface area contributed by atoms with E-state index in [9.17, 15) is 13.2 Å². The summed E-state index contributed by atoms with van der Waals surface area (Å²) in [7, 11) is 0. The van der Waals surface area contributed by atoms with Gasteiger partial charge in [0.05, 0.1) is 31.4 Å². The van der Waals surface area contributed by atoms with Gasteiger partial charge in [-0.25, -0.2) is 4.98 Å². The Morgan fingerprint density at radius 2 is 2.14 bits per heavy atom. The molecule has 2 aliphatic heterocycles. The minimum Gasteiger partial charge on any atom is -0.373 e. The molecule has 21 heavy (non-hydrogen) atoms. The molecule has 5 nitrogen and oxygen atoms in total. The van der Waals surface area contributed by atoms with Crippen molar-refractivity contribution in [3.8, 4) is 0 Å². The molecule has 1 aromatic rings. The van der Waals surface area contributed by atoms with Crippen molar-refractivity contribution in [3.63, 3.8) is 0 Å². The van der Waals surface area contributed by atoms with E-state index in [1.54, 1.807) is 18.6 Å². The fraction of sp³-hybridized carbons (Fsp3) is 0.692. The van der Waals surface area contributed by atoms with Gasteiger partial charge in [0.2, 0.25) is 0 Å².